The van der Waals surface area contributed by atoms with E-state index in [1.807, 2.05) is 84.7 Å². The normalized spacial score (nSPS) is 11.4. The Labute approximate surface area is 210 Å². The lowest BCUT2D eigenvalue weighted by molar-refractivity contribution is -0.126. The first kappa shape index (κ1) is 23.9. The molecule has 0 aliphatic rings. The van der Waals surface area contributed by atoms with Gasteiger partial charge in [-0.05, 0) is 41.5 Å². The van der Waals surface area contributed by atoms with Crippen molar-refractivity contribution in [2.45, 2.75) is 20.8 Å². The first-order chi connectivity index (χ1) is 16.7. The van der Waals surface area contributed by atoms with Crippen molar-refractivity contribution < 1.29 is 4.79 Å². The minimum absolute atomic E-state index is 0.0702. The van der Waals surface area contributed by atoms with Crippen LogP contribution in [0.5, 0.6) is 0 Å². The van der Waals surface area contributed by atoms with Crippen LogP contribution in [0.3, 0.4) is 0 Å². The fourth-order valence-electron chi connectivity index (χ4n) is 3.48. The molecule has 4 heteroatoms. The summed E-state index contributed by atoms with van der Waals surface area (Å²) in [6.07, 6.45) is 2.79. The number of benzene rings is 4. The van der Waals surface area contributed by atoms with E-state index < -0.39 is 0 Å². The minimum atomic E-state index is -0.315. The molecule has 0 saturated heterocycles. The first-order valence-electron chi connectivity index (χ1n) is 11.2. The Morgan fingerprint density at radius 2 is 1.15 bits per heavy atom. The lowest BCUT2D eigenvalue weighted by atomic mass is 10.1. The number of hydrogen-bond donors (Lipinski definition) is 0. The fourth-order valence-corrected chi connectivity index (χ4v) is 5.98. The highest BCUT2D eigenvalue weighted by molar-refractivity contribution is 8.18. The quantitative estimate of drug-likeness (QED) is 0.181. The third-order valence-corrected chi connectivity index (χ3v) is 7.79. The van der Waals surface area contributed by atoms with Gasteiger partial charge in [0.05, 0.1) is 0 Å². The summed E-state index contributed by atoms with van der Waals surface area (Å²) in [4.78, 5) is 17.9. The van der Waals surface area contributed by atoms with Crippen LogP contribution in [0.4, 0.5) is 0 Å². The molecular formula is C30H27NOS2. The molecule has 2 nitrogen and oxygen atoms in total. The Morgan fingerprint density at radius 3 is 1.65 bits per heavy atom. The molecule has 0 atom stereocenters. The van der Waals surface area contributed by atoms with E-state index in [1.54, 1.807) is 23.5 Å². The van der Waals surface area contributed by atoms with Crippen molar-refractivity contribution in [1.82, 2.24) is 4.90 Å². The standard InChI is InChI=1S/C30H27NOS2/c1-31(26(22-24-14-6-2-7-15-24)23-25-16-8-3-9-17-25)29(32)30(33-27-18-10-4-11-19-27)34-28-20-12-5-13-21-28/h2-22,30H,23H2,1H3/b26-22+. The van der Waals surface area contributed by atoms with E-state index >= 15 is 0 Å². The second kappa shape index (κ2) is 12.3. The average Bonchev–Trinajstić information content (AvgIpc) is 2.89. The molecule has 4 aromatic rings. The van der Waals surface area contributed by atoms with Crippen molar-refractivity contribution in [2.24, 2.45) is 0 Å². The SMILES string of the molecule is CN(C(=O)C(Sc1ccccc1)Sc1ccccc1)/C(=C/c1ccccc1)Cc1ccccc1. The molecule has 0 spiro atoms. The summed E-state index contributed by atoms with van der Waals surface area (Å²) in [5.74, 6) is 0.0702. The molecule has 4 aromatic carbocycles. The van der Waals surface area contributed by atoms with Gasteiger partial charge in [0.15, 0.2) is 0 Å². The summed E-state index contributed by atoms with van der Waals surface area (Å²) in [7, 11) is 1.89. The van der Waals surface area contributed by atoms with Crippen LogP contribution < -0.4 is 0 Å². The summed E-state index contributed by atoms with van der Waals surface area (Å²) < 4.78 is -0.315. The average molecular weight is 482 g/mol. The van der Waals surface area contributed by atoms with Gasteiger partial charge in [-0.1, -0.05) is 97.1 Å². The van der Waals surface area contributed by atoms with Gasteiger partial charge in [-0.15, -0.1) is 23.5 Å². The highest BCUT2D eigenvalue weighted by atomic mass is 32.2. The Bertz CT molecular complexity index is 1150. The molecule has 0 unspecified atom stereocenters. The predicted octanol–water partition coefficient (Wildman–Crippen LogP) is 7.64. The van der Waals surface area contributed by atoms with Gasteiger partial charge >= 0.3 is 0 Å². The van der Waals surface area contributed by atoms with Crippen LogP contribution in [0.25, 0.3) is 6.08 Å². The Balaban J connectivity index is 1.64. The number of thioether (sulfide) groups is 2. The van der Waals surface area contributed by atoms with Crippen molar-refractivity contribution in [3.05, 3.63) is 138 Å². The molecule has 4 rings (SSSR count). The van der Waals surface area contributed by atoms with Crippen molar-refractivity contribution >= 4 is 35.5 Å². The minimum Gasteiger partial charge on any atom is -0.317 e. The lowest BCUT2D eigenvalue weighted by Gasteiger charge is -2.26. The molecule has 0 heterocycles. The summed E-state index contributed by atoms with van der Waals surface area (Å²) >= 11 is 3.19. The van der Waals surface area contributed by atoms with Gasteiger partial charge < -0.3 is 4.90 Å². The Kier molecular flexibility index (Phi) is 8.66. The van der Waals surface area contributed by atoms with Gasteiger partial charge in [0.1, 0.15) is 4.58 Å². The molecule has 34 heavy (non-hydrogen) atoms. The topological polar surface area (TPSA) is 20.3 Å². The number of carbonyl (C=O) groups excluding carboxylic acids is 1. The molecule has 0 N–H and O–H groups in total. The van der Waals surface area contributed by atoms with E-state index in [9.17, 15) is 4.79 Å². The maximum atomic E-state index is 13.9. The van der Waals surface area contributed by atoms with E-state index in [2.05, 4.69) is 54.6 Å². The third kappa shape index (κ3) is 6.89. The third-order valence-electron chi connectivity index (χ3n) is 5.30. The molecule has 0 saturated carbocycles. The zero-order valence-corrected chi connectivity index (χ0v) is 20.7. The number of rotatable bonds is 9. The van der Waals surface area contributed by atoms with Gasteiger partial charge in [-0.25, -0.2) is 0 Å². The predicted molar refractivity (Wildman–Crippen MR) is 146 cm³/mol. The van der Waals surface area contributed by atoms with Crippen LogP contribution in [0.2, 0.25) is 0 Å². The Morgan fingerprint density at radius 1 is 0.706 bits per heavy atom. The molecule has 170 valence electrons. The van der Waals surface area contributed by atoms with E-state index in [0.29, 0.717) is 6.42 Å². The van der Waals surface area contributed by atoms with Crippen molar-refractivity contribution in [3.8, 4) is 0 Å². The first-order valence-corrected chi connectivity index (χ1v) is 13.0. The summed E-state index contributed by atoms with van der Waals surface area (Å²) in [6.45, 7) is 0. The molecule has 0 aliphatic carbocycles. The summed E-state index contributed by atoms with van der Waals surface area (Å²) in [6, 6.07) is 40.7. The van der Waals surface area contributed by atoms with Gasteiger partial charge in [-0.2, -0.15) is 0 Å². The molecule has 0 bridgehead atoms. The summed E-state index contributed by atoms with van der Waals surface area (Å²) in [5.41, 5.74) is 3.22. The molecule has 0 fully saturated rings. The second-order valence-electron chi connectivity index (χ2n) is 7.80. The maximum absolute atomic E-state index is 13.9. The van der Waals surface area contributed by atoms with Crippen molar-refractivity contribution in [1.29, 1.82) is 0 Å². The number of likely N-dealkylation sites (N-methyl/N-ethyl adjacent to an activating group) is 1. The van der Waals surface area contributed by atoms with Crippen LogP contribution in [0.15, 0.2) is 137 Å². The van der Waals surface area contributed by atoms with E-state index in [1.165, 1.54) is 5.56 Å². The highest BCUT2D eigenvalue weighted by Gasteiger charge is 2.26. The van der Waals surface area contributed by atoms with E-state index in [-0.39, 0.29) is 10.5 Å². The molecule has 0 aliphatic heterocycles. The van der Waals surface area contributed by atoms with E-state index in [0.717, 1.165) is 21.1 Å². The van der Waals surface area contributed by atoms with E-state index in [4.69, 9.17) is 0 Å². The zero-order valence-electron chi connectivity index (χ0n) is 19.1. The maximum Gasteiger partial charge on any atom is 0.250 e. The highest BCUT2D eigenvalue weighted by Crippen LogP contribution is 2.37. The zero-order chi connectivity index (χ0) is 23.6. The van der Waals surface area contributed by atoms with Crippen molar-refractivity contribution in [3.63, 3.8) is 0 Å². The van der Waals surface area contributed by atoms with Gasteiger partial charge in [0, 0.05) is 29.0 Å². The smallest absolute Gasteiger partial charge is 0.250 e. The summed E-state index contributed by atoms with van der Waals surface area (Å²) in [5, 5.41) is 0. The monoisotopic (exact) mass is 481 g/mol. The van der Waals surface area contributed by atoms with Gasteiger partial charge in [0.2, 0.25) is 5.91 Å². The Hall–Kier alpha value is -3.21. The van der Waals surface area contributed by atoms with Crippen molar-refractivity contribution in [2.75, 3.05) is 7.05 Å². The molecule has 0 radical (unpaired) electrons. The largest absolute Gasteiger partial charge is 0.317 e. The van der Waals surface area contributed by atoms with Crippen LogP contribution in [-0.4, -0.2) is 22.4 Å². The number of carbonyl (C=O) groups is 1. The molecule has 1 amide bonds. The number of hydrogen-bond acceptors (Lipinski definition) is 3. The van der Waals surface area contributed by atoms with Gasteiger partial charge in [-0.3, -0.25) is 4.79 Å². The van der Waals surface area contributed by atoms with Crippen LogP contribution in [0, 0.1) is 0 Å². The van der Waals surface area contributed by atoms with Crippen LogP contribution >= 0.6 is 23.5 Å². The lowest BCUT2D eigenvalue weighted by Crippen LogP contribution is -2.33. The van der Waals surface area contributed by atoms with Gasteiger partial charge in [0.25, 0.3) is 0 Å². The van der Waals surface area contributed by atoms with Crippen LogP contribution in [-0.2, 0) is 11.2 Å². The number of nitrogens with zero attached hydrogens (tertiary/aromatic N) is 1. The molecule has 0 aromatic heterocycles. The fraction of sp³-hybridized carbons (Fsp3) is 0.100. The van der Waals surface area contributed by atoms with Crippen LogP contribution in [0.1, 0.15) is 11.1 Å². The molecular weight excluding hydrogens is 454 g/mol. The number of amides is 1. The second-order valence-corrected chi connectivity index (χ2v) is 10.5. The number of allylic oxidation sites excluding steroid dienone is 1.